The van der Waals surface area contributed by atoms with Crippen LogP contribution < -0.4 is 41.8 Å². The highest BCUT2D eigenvalue weighted by Gasteiger charge is 2.20. The van der Waals surface area contributed by atoms with Gasteiger partial charge in [-0.05, 0) is 53.1 Å². The zero-order valence-electron chi connectivity index (χ0n) is 31.3. The Morgan fingerprint density at radius 1 is 0.667 bits per heavy atom. The molecule has 0 saturated carbocycles. The minimum absolute atomic E-state index is 0.00602. The zero-order valence-corrected chi connectivity index (χ0v) is 31.3. The first-order chi connectivity index (χ1) is 29.1. The predicted molar refractivity (Wildman–Crippen MR) is 216 cm³/mol. The van der Waals surface area contributed by atoms with Crippen LogP contribution in [-0.2, 0) is 29.2 Å². The Balaban J connectivity index is 0.000000176. The number of nitrogens with two attached hydrogens (primary N) is 1. The number of carboxylic acid groups (broad SMARTS) is 1. The van der Waals surface area contributed by atoms with E-state index in [1.165, 1.54) is 12.7 Å². The molecule has 7 aromatic rings. The molecule has 4 aromatic heterocycles. The molecular weight excluding hydrogens is 777 g/mol. The van der Waals surface area contributed by atoms with Crippen LogP contribution in [0.1, 0.15) is 48.0 Å². The first-order valence-corrected chi connectivity index (χ1v) is 18.2. The Bertz CT molecular complexity index is 2820. The van der Waals surface area contributed by atoms with Gasteiger partial charge in [0.15, 0.2) is 24.6 Å². The molecule has 20 nitrogen and oxygen atoms in total. The number of carbonyl (C=O) groups excluding carboxylic acids is 4. The Hall–Kier alpha value is -8.55. The molecule has 0 bridgehead atoms. The largest absolute Gasteiger partial charge is 0.482 e. The summed E-state index contributed by atoms with van der Waals surface area (Å²) in [6.45, 7) is 0.926. The molecule has 0 fully saturated rings. The lowest BCUT2D eigenvalue weighted by atomic mass is 10.1. The summed E-state index contributed by atoms with van der Waals surface area (Å²) in [7, 11) is 0. The van der Waals surface area contributed by atoms with E-state index in [2.05, 4.69) is 56.5 Å². The van der Waals surface area contributed by atoms with Crippen molar-refractivity contribution in [1.29, 1.82) is 0 Å². The maximum atomic E-state index is 12.9. The quantitative estimate of drug-likeness (QED) is 0.0958. The smallest absolute Gasteiger partial charge is 0.335 e. The molecule has 9 rings (SSSR count). The van der Waals surface area contributed by atoms with E-state index < -0.39 is 5.97 Å². The number of benzene rings is 3. The number of aromatic amines is 2. The van der Waals surface area contributed by atoms with Crippen molar-refractivity contribution in [2.24, 2.45) is 0 Å². The maximum absolute atomic E-state index is 12.9. The van der Waals surface area contributed by atoms with Crippen LogP contribution in [0.25, 0.3) is 22.1 Å². The molecule has 0 atom stereocenters. The van der Waals surface area contributed by atoms with Crippen LogP contribution in [0.4, 0.5) is 22.7 Å². The van der Waals surface area contributed by atoms with Crippen molar-refractivity contribution in [2.75, 3.05) is 34.9 Å². The standard InChI is InChI=1S/C24H20N6O5.C16H14N6O3/c31-19-11-35-18-6-3-14(7-16(18)30-19)9-27-23(32)22-21-20(28-12-29-22)17(10-26-21)25-8-13-1-4-15(5-2-13)24(33)34;17-9-5-18-14-13(9)20-7-21-15(14)16(24)19-4-8-1-2-11-10(3-8)22-12(23)6-25-11/h1-7,10,12,25-26H,8-9,11H2,(H,27,32)(H,30,31)(H,33,34);1-3,5,7,18H,4,6,17H2,(H,19,24)(H,22,23). The highest BCUT2D eigenvalue weighted by atomic mass is 16.5. The van der Waals surface area contributed by atoms with Gasteiger partial charge in [0.1, 0.15) is 35.2 Å². The molecule has 3 aromatic carbocycles. The summed E-state index contributed by atoms with van der Waals surface area (Å²) in [4.78, 5) is 81.7. The molecule has 60 heavy (non-hydrogen) atoms. The van der Waals surface area contributed by atoms with Crippen LogP contribution in [0.5, 0.6) is 11.5 Å². The van der Waals surface area contributed by atoms with Gasteiger partial charge in [0, 0.05) is 32.0 Å². The van der Waals surface area contributed by atoms with Gasteiger partial charge in [-0.1, -0.05) is 24.3 Å². The monoisotopic (exact) mass is 810 g/mol. The Labute approximate surface area is 338 Å². The first-order valence-electron chi connectivity index (χ1n) is 18.2. The van der Waals surface area contributed by atoms with E-state index in [1.54, 1.807) is 60.9 Å². The molecule has 0 saturated heterocycles. The van der Waals surface area contributed by atoms with Gasteiger partial charge in [-0.25, -0.2) is 24.7 Å². The van der Waals surface area contributed by atoms with Gasteiger partial charge < -0.3 is 56.9 Å². The van der Waals surface area contributed by atoms with E-state index in [4.69, 9.17) is 20.3 Å². The highest BCUT2D eigenvalue weighted by Crippen LogP contribution is 2.30. The number of carbonyl (C=O) groups is 5. The maximum Gasteiger partial charge on any atom is 0.335 e. The number of ether oxygens (including phenoxy) is 2. The molecule has 4 amide bonds. The summed E-state index contributed by atoms with van der Waals surface area (Å²) in [5.74, 6) is -0.955. The van der Waals surface area contributed by atoms with Gasteiger partial charge in [0.25, 0.3) is 23.6 Å². The van der Waals surface area contributed by atoms with E-state index in [0.717, 1.165) is 16.7 Å². The van der Waals surface area contributed by atoms with E-state index >= 15 is 0 Å². The Kier molecular flexibility index (Phi) is 10.5. The molecule has 0 radical (unpaired) electrons. The first kappa shape index (κ1) is 38.3. The molecule has 20 heteroatoms. The van der Waals surface area contributed by atoms with Crippen LogP contribution >= 0.6 is 0 Å². The minimum atomic E-state index is -0.976. The van der Waals surface area contributed by atoms with Crippen LogP contribution in [0.2, 0.25) is 0 Å². The molecule has 6 heterocycles. The SMILES string of the molecule is Nc1c[nH]c2c(C(=O)NCc3ccc4c(c3)NC(=O)CO4)ncnc12.O=C1COc2ccc(CNC(=O)c3ncnc4c(NCc5ccc(C(=O)O)cc5)c[nH]c34)cc2N1. The lowest BCUT2D eigenvalue weighted by molar-refractivity contribution is -0.119. The summed E-state index contributed by atoms with van der Waals surface area (Å²) in [5.41, 5.74) is 13.2. The molecule has 2 aliphatic heterocycles. The summed E-state index contributed by atoms with van der Waals surface area (Å²) in [6.07, 6.45) is 5.90. The van der Waals surface area contributed by atoms with Gasteiger partial charge in [0.2, 0.25) is 0 Å². The summed E-state index contributed by atoms with van der Waals surface area (Å²) in [5, 5.41) is 23.4. The fourth-order valence-corrected chi connectivity index (χ4v) is 6.35. The van der Waals surface area contributed by atoms with Crippen molar-refractivity contribution in [3.05, 3.63) is 119 Å². The van der Waals surface area contributed by atoms with Crippen LogP contribution in [0.3, 0.4) is 0 Å². The number of carboxylic acids is 1. The van der Waals surface area contributed by atoms with Gasteiger partial charge in [0.05, 0.1) is 39.3 Å². The average molecular weight is 811 g/mol. The van der Waals surface area contributed by atoms with Crippen molar-refractivity contribution in [1.82, 2.24) is 40.5 Å². The number of rotatable bonds is 10. The normalized spacial score (nSPS) is 12.7. The van der Waals surface area contributed by atoms with E-state index in [1.807, 2.05) is 12.1 Å². The molecule has 0 spiro atoms. The van der Waals surface area contributed by atoms with Gasteiger partial charge >= 0.3 is 5.97 Å². The number of aromatic carboxylic acids is 1. The van der Waals surface area contributed by atoms with Gasteiger partial charge in [-0.3, -0.25) is 19.2 Å². The molecule has 0 aliphatic carbocycles. The summed E-state index contributed by atoms with van der Waals surface area (Å²) in [6, 6.07) is 17.2. The Morgan fingerprint density at radius 3 is 1.75 bits per heavy atom. The fraction of sp³-hybridized carbons (Fsp3) is 0.125. The molecular formula is C40H34N12O8. The third kappa shape index (κ3) is 8.27. The second kappa shape index (κ2) is 16.5. The molecule has 302 valence electrons. The average Bonchev–Trinajstić information content (AvgIpc) is 3.86. The van der Waals surface area contributed by atoms with Gasteiger partial charge in [-0.15, -0.1) is 0 Å². The second-order valence-corrected chi connectivity index (χ2v) is 13.4. The number of nitrogens with one attached hydrogen (secondary N) is 7. The fourth-order valence-electron chi connectivity index (χ4n) is 6.35. The van der Waals surface area contributed by atoms with Crippen LogP contribution in [-0.4, -0.2) is 77.8 Å². The number of aromatic nitrogens is 6. The third-order valence-corrected chi connectivity index (χ3v) is 9.33. The van der Waals surface area contributed by atoms with Crippen LogP contribution in [0.15, 0.2) is 85.7 Å². The number of H-pyrrole nitrogens is 2. The van der Waals surface area contributed by atoms with E-state index in [-0.39, 0.29) is 66.9 Å². The Morgan fingerprint density at radius 2 is 1.18 bits per heavy atom. The third-order valence-electron chi connectivity index (χ3n) is 9.33. The number of amides is 4. The van der Waals surface area contributed by atoms with Crippen molar-refractivity contribution in [2.45, 2.75) is 19.6 Å². The predicted octanol–water partition coefficient (Wildman–Crippen LogP) is 3.33. The minimum Gasteiger partial charge on any atom is -0.482 e. The van der Waals surface area contributed by atoms with Gasteiger partial charge in [-0.2, -0.15) is 0 Å². The van der Waals surface area contributed by atoms with Crippen molar-refractivity contribution < 1.29 is 38.6 Å². The number of anilines is 4. The van der Waals surface area contributed by atoms with Crippen molar-refractivity contribution in [3.8, 4) is 11.5 Å². The lowest BCUT2D eigenvalue weighted by Crippen LogP contribution is -2.26. The summed E-state index contributed by atoms with van der Waals surface area (Å²) < 4.78 is 10.7. The van der Waals surface area contributed by atoms with Crippen molar-refractivity contribution in [3.63, 3.8) is 0 Å². The number of fused-ring (bicyclic) bond motifs is 4. The van der Waals surface area contributed by atoms with E-state index in [9.17, 15) is 24.0 Å². The molecule has 0 unspecified atom stereocenters. The van der Waals surface area contributed by atoms with Crippen molar-refractivity contribution >= 4 is 74.4 Å². The zero-order chi connectivity index (χ0) is 41.8. The number of hydrogen-bond acceptors (Lipinski definition) is 13. The highest BCUT2D eigenvalue weighted by molar-refractivity contribution is 6.06. The second-order valence-electron chi connectivity index (χ2n) is 13.4. The number of hydrogen-bond donors (Lipinski definition) is 9. The summed E-state index contributed by atoms with van der Waals surface area (Å²) >= 11 is 0. The number of nitrogens with zero attached hydrogens (tertiary/aromatic N) is 4. The number of nitrogen functional groups attached to an aromatic ring is 1. The van der Waals surface area contributed by atoms with Crippen LogP contribution in [0, 0.1) is 0 Å². The lowest BCUT2D eigenvalue weighted by Gasteiger charge is -2.18. The topological polar surface area (TPSA) is 293 Å². The van der Waals surface area contributed by atoms with E-state index in [0.29, 0.717) is 62.9 Å². The molecule has 2 aliphatic rings. The molecule has 10 N–H and O–H groups in total.